The molecule has 0 saturated carbocycles. The molecule has 4 aromatic rings. The van der Waals surface area contributed by atoms with Crippen molar-refractivity contribution in [2.45, 2.75) is 44.2 Å². The molecule has 0 radical (unpaired) electrons. The van der Waals surface area contributed by atoms with Crippen LogP contribution >= 0.6 is 24.8 Å². The molecule has 0 amide bonds. The number of piperidine rings is 1. The number of nitrogens with two attached hydrogens (primary N) is 1. The molecule has 0 aliphatic carbocycles. The minimum Gasteiger partial charge on any atom is -0.489 e. The Bertz CT molecular complexity index is 1380. The van der Waals surface area contributed by atoms with Gasteiger partial charge >= 0.3 is 5.97 Å². The second-order valence-electron chi connectivity index (χ2n) is 10.3. The first-order valence-electron chi connectivity index (χ1n) is 13.8. The number of hydrogen-bond donors (Lipinski definition) is 2. The predicted octanol–water partition coefficient (Wildman–Crippen LogP) is 6.01. The largest absolute Gasteiger partial charge is 0.489 e. The molecule has 222 valence electrons. The summed E-state index contributed by atoms with van der Waals surface area (Å²) in [6.07, 6.45) is 1.18. The fraction of sp³-hybridized carbons (Fsp3) is 0.265. The summed E-state index contributed by atoms with van der Waals surface area (Å²) >= 11 is 0. The van der Waals surface area contributed by atoms with Crippen LogP contribution in [0.25, 0.3) is 0 Å². The van der Waals surface area contributed by atoms with E-state index in [-0.39, 0.29) is 30.9 Å². The smallest absolute Gasteiger partial charge is 0.347 e. The van der Waals surface area contributed by atoms with Gasteiger partial charge in [0.05, 0.1) is 0 Å². The molecule has 0 unspecified atom stereocenters. The lowest BCUT2D eigenvalue weighted by Crippen LogP contribution is -2.43. The first-order chi connectivity index (χ1) is 19.5. The molecule has 0 spiro atoms. The highest BCUT2D eigenvalue weighted by atomic mass is 35.5. The molecule has 4 aromatic carbocycles. The van der Waals surface area contributed by atoms with Gasteiger partial charge in [-0.05, 0) is 47.2 Å². The van der Waals surface area contributed by atoms with Crippen molar-refractivity contribution in [1.82, 2.24) is 4.90 Å². The van der Waals surface area contributed by atoms with Crippen molar-refractivity contribution < 1.29 is 19.4 Å². The number of halogens is 2. The lowest BCUT2D eigenvalue weighted by Gasteiger charge is -2.34. The van der Waals surface area contributed by atoms with Gasteiger partial charge in [-0.15, -0.1) is 24.8 Å². The van der Waals surface area contributed by atoms with Crippen LogP contribution in [0, 0.1) is 0 Å². The van der Waals surface area contributed by atoms with Crippen molar-refractivity contribution in [3.8, 4) is 5.75 Å². The number of esters is 1. The summed E-state index contributed by atoms with van der Waals surface area (Å²) in [5, 5.41) is 12.0. The van der Waals surface area contributed by atoms with Crippen molar-refractivity contribution in [2.75, 3.05) is 13.1 Å². The first-order valence-corrected chi connectivity index (χ1v) is 13.8. The fourth-order valence-corrected chi connectivity index (χ4v) is 5.09. The predicted molar refractivity (Wildman–Crippen MR) is 170 cm³/mol. The lowest BCUT2D eigenvalue weighted by atomic mass is 9.86. The van der Waals surface area contributed by atoms with Gasteiger partial charge in [0.15, 0.2) is 0 Å². The molecule has 1 heterocycles. The number of likely N-dealkylation sites (tertiary alicyclic amines) is 1. The normalized spacial score (nSPS) is 15.0. The van der Waals surface area contributed by atoms with E-state index in [0.717, 1.165) is 43.6 Å². The highest BCUT2D eigenvalue weighted by Crippen LogP contribution is 2.34. The van der Waals surface area contributed by atoms with E-state index in [9.17, 15) is 9.90 Å². The van der Waals surface area contributed by atoms with Gasteiger partial charge in [-0.2, -0.15) is 0 Å². The molecular formula is C34H38Cl2N2O4. The van der Waals surface area contributed by atoms with E-state index >= 15 is 0 Å². The molecule has 1 aliphatic heterocycles. The van der Waals surface area contributed by atoms with Crippen LogP contribution < -0.4 is 10.5 Å². The number of ether oxygens (including phenoxy) is 2. The maximum atomic E-state index is 13.7. The summed E-state index contributed by atoms with van der Waals surface area (Å²) in [6.45, 7) is 3.37. The van der Waals surface area contributed by atoms with Gasteiger partial charge in [0.25, 0.3) is 0 Å². The molecule has 1 atom stereocenters. The highest BCUT2D eigenvalue weighted by molar-refractivity contribution is 5.86. The zero-order valence-electron chi connectivity index (χ0n) is 23.4. The Morgan fingerprint density at radius 1 is 0.786 bits per heavy atom. The number of benzene rings is 4. The van der Waals surface area contributed by atoms with E-state index in [1.807, 2.05) is 54.6 Å². The van der Waals surface area contributed by atoms with Gasteiger partial charge in [-0.3, -0.25) is 4.90 Å². The molecule has 6 nitrogen and oxygen atoms in total. The van der Waals surface area contributed by atoms with E-state index < -0.39 is 11.6 Å². The Labute approximate surface area is 260 Å². The number of rotatable bonds is 10. The third-order valence-electron chi connectivity index (χ3n) is 7.46. The van der Waals surface area contributed by atoms with E-state index in [0.29, 0.717) is 30.0 Å². The van der Waals surface area contributed by atoms with Crippen LogP contribution in [-0.4, -0.2) is 35.2 Å². The molecule has 8 heteroatoms. The molecule has 3 N–H and O–H groups in total. The number of hydrogen-bond acceptors (Lipinski definition) is 6. The van der Waals surface area contributed by atoms with Gasteiger partial charge in [-0.1, -0.05) is 97.1 Å². The molecule has 0 bridgehead atoms. The Balaban J connectivity index is 0.00000242. The molecular weight excluding hydrogens is 571 g/mol. The molecule has 42 heavy (non-hydrogen) atoms. The van der Waals surface area contributed by atoms with Gasteiger partial charge in [0.1, 0.15) is 18.5 Å². The van der Waals surface area contributed by atoms with E-state index in [1.54, 1.807) is 42.5 Å². The number of aliphatic hydroxyl groups is 1. The Kier molecular flexibility index (Phi) is 12.4. The summed E-state index contributed by atoms with van der Waals surface area (Å²) in [5.41, 5.74) is 7.91. The standard InChI is InChI=1S/C34H36N2O4.2ClH/c35-23-26-14-16-28(17-15-26)25-39-32-13-7-12-30(22-32)34(38,29-10-5-2-6-11-29)33(37)40-31-18-20-36(21-19-31)24-27-8-3-1-4-9-27;;/h1-17,22,31,38H,18-21,23-25,35H2;2*1H/t34-;;/m0../s1. The van der Waals surface area contributed by atoms with Crippen molar-refractivity contribution in [2.24, 2.45) is 5.73 Å². The minimum absolute atomic E-state index is 0. The average Bonchev–Trinajstić information content (AvgIpc) is 3.02. The monoisotopic (exact) mass is 608 g/mol. The molecule has 1 aliphatic rings. The SMILES string of the molecule is Cl.Cl.NCc1ccc(COc2cccc([C@](O)(C(=O)OC3CCN(Cc4ccccc4)CC3)c3ccccc3)c2)cc1. The summed E-state index contributed by atoms with van der Waals surface area (Å²) in [5.74, 6) is -0.119. The van der Waals surface area contributed by atoms with E-state index in [4.69, 9.17) is 15.2 Å². The van der Waals surface area contributed by atoms with Gasteiger partial charge < -0.3 is 20.3 Å². The molecule has 1 saturated heterocycles. The summed E-state index contributed by atoms with van der Waals surface area (Å²) < 4.78 is 12.0. The van der Waals surface area contributed by atoms with Crippen LogP contribution in [0.15, 0.2) is 109 Å². The Morgan fingerprint density at radius 2 is 1.38 bits per heavy atom. The van der Waals surface area contributed by atoms with Crippen LogP contribution in [0.3, 0.4) is 0 Å². The quantitative estimate of drug-likeness (QED) is 0.214. The maximum absolute atomic E-state index is 13.7. The first kappa shape index (κ1) is 33.1. The zero-order chi connectivity index (χ0) is 27.8. The number of carbonyl (C=O) groups excluding carboxylic acids is 1. The fourth-order valence-electron chi connectivity index (χ4n) is 5.09. The zero-order valence-corrected chi connectivity index (χ0v) is 25.1. The Morgan fingerprint density at radius 3 is 2.02 bits per heavy atom. The second kappa shape index (κ2) is 15.7. The Hall–Kier alpha value is -3.39. The average molecular weight is 610 g/mol. The van der Waals surface area contributed by atoms with Gasteiger partial charge in [0, 0.05) is 31.7 Å². The highest BCUT2D eigenvalue weighted by Gasteiger charge is 2.43. The van der Waals surface area contributed by atoms with Gasteiger partial charge in [0.2, 0.25) is 5.60 Å². The molecule has 1 fully saturated rings. The molecule has 0 aromatic heterocycles. The van der Waals surface area contributed by atoms with E-state index in [2.05, 4.69) is 17.0 Å². The number of carbonyl (C=O) groups is 1. The second-order valence-corrected chi connectivity index (χ2v) is 10.3. The minimum atomic E-state index is -1.97. The van der Waals surface area contributed by atoms with Crippen LogP contribution in [0.4, 0.5) is 0 Å². The van der Waals surface area contributed by atoms with Crippen LogP contribution in [0.1, 0.15) is 40.7 Å². The van der Waals surface area contributed by atoms with Crippen molar-refractivity contribution >= 4 is 30.8 Å². The van der Waals surface area contributed by atoms with Crippen LogP contribution in [-0.2, 0) is 34.8 Å². The lowest BCUT2D eigenvalue weighted by molar-refractivity contribution is -0.170. The number of nitrogens with zero attached hydrogens (tertiary/aromatic N) is 1. The third-order valence-corrected chi connectivity index (χ3v) is 7.46. The molecule has 5 rings (SSSR count). The summed E-state index contributed by atoms with van der Waals surface area (Å²) in [7, 11) is 0. The topological polar surface area (TPSA) is 85.0 Å². The maximum Gasteiger partial charge on any atom is 0.347 e. The van der Waals surface area contributed by atoms with Gasteiger partial charge in [-0.25, -0.2) is 4.79 Å². The van der Waals surface area contributed by atoms with Crippen LogP contribution in [0.5, 0.6) is 5.75 Å². The summed E-state index contributed by atoms with van der Waals surface area (Å²) in [4.78, 5) is 16.1. The van der Waals surface area contributed by atoms with E-state index in [1.165, 1.54) is 5.56 Å². The van der Waals surface area contributed by atoms with Crippen molar-refractivity contribution in [3.05, 3.63) is 137 Å². The summed E-state index contributed by atoms with van der Waals surface area (Å²) in [6, 6.07) is 34.3. The van der Waals surface area contributed by atoms with Crippen molar-refractivity contribution in [3.63, 3.8) is 0 Å². The van der Waals surface area contributed by atoms with Crippen LogP contribution in [0.2, 0.25) is 0 Å². The third kappa shape index (κ3) is 8.12. The van der Waals surface area contributed by atoms with Crippen molar-refractivity contribution in [1.29, 1.82) is 0 Å².